The molecule has 0 aromatic heterocycles. The molecule has 0 aliphatic heterocycles. The van der Waals surface area contributed by atoms with Gasteiger partial charge in [0.25, 0.3) is 0 Å². The highest BCUT2D eigenvalue weighted by Crippen LogP contribution is 2.44. The molecule has 0 aliphatic carbocycles. The van der Waals surface area contributed by atoms with E-state index >= 15 is 0 Å². The molecule has 0 N–H and O–H groups in total. The minimum atomic E-state index is -2.16. The largest absolute Gasteiger partial charge is 0.369 e. The van der Waals surface area contributed by atoms with Gasteiger partial charge in [0.15, 0.2) is 0 Å². The zero-order valence-corrected chi connectivity index (χ0v) is 12.8. The van der Waals surface area contributed by atoms with Gasteiger partial charge in [-0.2, -0.15) is 0 Å². The molecule has 1 aromatic rings. The molecule has 0 bridgehead atoms. The van der Waals surface area contributed by atoms with Crippen molar-refractivity contribution in [3.8, 4) is 0 Å². The zero-order valence-electron chi connectivity index (χ0n) is 11.9. The molecule has 18 heavy (non-hydrogen) atoms. The lowest BCUT2D eigenvalue weighted by Gasteiger charge is -2.21. The summed E-state index contributed by atoms with van der Waals surface area (Å²) in [5, 5.41) is 0. The van der Waals surface area contributed by atoms with Gasteiger partial charge in [-0.3, -0.25) is 0 Å². The Morgan fingerprint density at radius 2 is 1.78 bits per heavy atom. The summed E-state index contributed by atoms with van der Waals surface area (Å²) in [6.07, 6.45) is 1.17. The summed E-state index contributed by atoms with van der Waals surface area (Å²) in [5.74, 6) is 1.06. The quantitative estimate of drug-likeness (QED) is 0.683. The van der Waals surface area contributed by atoms with Gasteiger partial charge in [-0.25, -0.2) is 0 Å². The number of ether oxygens (including phenoxy) is 1. The SMILES string of the molecule is CC(C)C(C)CP(C)(=O)COCc1ccccc1. The topological polar surface area (TPSA) is 26.3 Å². The van der Waals surface area contributed by atoms with Crippen LogP contribution in [-0.2, 0) is 15.9 Å². The Hall–Kier alpha value is -0.590. The molecule has 0 saturated heterocycles. The van der Waals surface area contributed by atoms with E-state index in [0.29, 0.717) is 24.8 Å². The van der Waals surface area contributed by atoms with Crippen molar-refractivity contribution in [2.75, 3.05) is 19.2 Å². The van der Waals surface area contributed by atoms with Gasteiger partial charge in [0.05, 0.1) is 13.0 Å². The van der Waals surface area contributed by atoms with Crippen LogP contribution in [0.5, 0.6) is 0 Å². The number of hydrogen-bond donors (Lipinski definition) is 0. The Bertz CT molecular complexity index is 387. The van der Waals surface area contributed by atoms with Crippen LogP contribution in [0.1, 0.15) is 26.3 Å². The first-order chi connectivity index (χ1) is 8.41. The van der Waals surface area contributed by atoms with Crippen molar-refractivity contribution >= 4 is 7.14 Å². The molecule has 1 rings (SSSR count). The summed E-state index contributed by atoms with van der Waals surface area (Å²) in [6, 6.07) is 10.0. The predicted molar refractivity (Wildman–Crippen MR) is 78.5 cm³/mol. The normalized spacial score (nSPS) is 16.5. The average Bonchev–Trinajstić information content (AvgIpc) is 2.29. The lowest BCUT2D eigenvalue weighted by atomic mass is 10.0. The summed E-state index contributed by atoms with van der Waals surface area (Å²) in [5.41, 5.74) is 1.13. The second-order valence-corrected chi connectivity index (χ2v) is 8.88. The summed E-state index contributed by atoms with van der Waals surface area (Å²) in [7, 11) is -2.16. The molecule has 0 amide bonds. The molecule has 0 heterocycles. The van der Waals surface area contributed by atoms with Crippen LogP contribution in [0.15, 0.2) is 30.3 Å². The van der Waals surface area contributed by atoms with Gasteiger partial charge in [-0.05, 0) is 24.1 Å². The van der Waals surface area contributed by atoms with Crippen LogP contribution in [0.4, 0.5) is 0 Å². The summed E-state index contributed by atoms with van der Waals surface area (Å²) < 4.78 is 18.0. The van der Waals surface area contributed by atoms with E-state index in [1.165, 1.54) is 0 Å². The average molecular weight is 268 g/mol. The fourth-order valence-electron chi connectivity index (χ4n) is 1.80. The van der Waals surface area contributed by atoms with Gasteiger partial charge in [0.1, 0.15) is 7.14 Å². The highest BCUT2D eigenvalue weighted by molar-refractivity contribution is 7.62. The Balaban J connectivity index is 2.36. The minimum absolute atomic E-state index is 0.388. The van der Waals surface area contributed by atoms with E-state index in [9.17, 15) is 4.57 Å². The first-order valence-electron chi connectivity index (χ1n) is 6.58. The van der Waals surface area contributed by atoms with Crippen LogP contribution < -0.4 is 0 Å². The van der Waals surface area contributed by atoms with Crippen molar-refractivity contribution in [3.63, 3.8) is 0 Å². The van der Waals surface area contributed by atoms with Crippen LogP contribution in [0.25, 0.3) is 0 Å². The lowest BCUT2D eigenvalue weighted by Crippen LogP contribution is -2.11. The van der Waals surface area contributed by atoms with Gasteiger partial charge >= 0.3 is 0 Å². The third-order valence-corrected chi connectivity index (χ3v) is 5.37. The van der Waals surface area contributed by atoms with Gasteiger partial charge < -0.3 is 9.30 Å². The molecular formula is C15H25O2P. The lowest BCUT2D eigenvalue weighted by molar-refractivity contribution is 0.162. The fraction of sp³-hybridized carbons (Fsp3) is 0.600. The van der Waals surface area contributed by atoms with E-state index in [1.807, 2.05) is 37.0 Å². The molecule has 0 aliphatic rings. The first-order valence-corrected chi connectivity index (χ1v) is 9.10. The minimum Gasteiger partial charge on any atom is -0.369 e. The predicted octanol–water partition coefficient (Wildman–Crippen LogP) is 4.45. The van der Waals surface area contributed by atoms with Crippen molar-refractivity contribution in [1.29, 1.82) is 0 Å². The van der Waals surface area contributed by atoms with Crippen LogP contribution in [-0.4, -0.2) is 19.2 Å². The van der Waals surface area contributed by atoms with Crippen LogP contribution in [0.3, 0.4) is 0 Å². The van der Waals surface area contributed by atoms with Crippen molar-refractivity contribution < 1.29 is 9.30 Å². The highest BCUT2D eigenvalue weighted by Gasteiger charge is 2.21. The number of hydrogen-bond acceptors (Lipinski definition) is 2. The Morgan fingerprint density at radius 3 is 2.33 bits per heavy atom. The third kappa shape index (κ3) is 5.84. The molecule has 0 spiro atoms. The molecule has 2 nitrogen and oxygen atoms in total. The molecule has 2 unspecified atom stereocenters. The fourth-order valence-corrected chi connectivity index (χ4v) is 4.03. The molecule has 1 aromatic carbocycles. The van der Waals surface area contributed by atoms with Gasteiger partial charge in [0.2, 0.25) is 0 Å². The Kier molecular flexibility index (Phi) is 6.11. The van der Waals surface area contributed by atoms with Crippen LogP contribution in [0, 0.1) is 11.8 Å². The first kappa shape index (κ1) is 15.5. The summed E-state index contributed by atoms with van der Waals surface area (Å²) in [6.45, 7) is 8.93. The number of rotatable bonds is 7. The maximum Gasteiger partial charge on any atom is 0.109 e. The molecule has 3 heteroatoms. The van der Waals surface area contributed by atoms with Gasteiger partial charge in [0, 0.05) is 6.16 Å². The monoisotopic (exact) mass is 268 g/mol. The van der Waals surface area contributed by atoms with Crippen LogP contribution in [0.2, 0.25) is 0 Å². The van der Waals surface area contributed by atoms with E-state index in [-0.39, 0.29) is 0 Å². The van der Waals surface area contributed by atoms with E-state index in [1.54, 1.807) is 0 Å². The van der Waals surface area contributed by atoms with Gasteiger partial charge in [-0.15, -0.1) is 0 Å². The standard InChI is InChI=1S/C15H25O2P/c1-13(2)14(3)11-18(4,16)12-17-10-15-8-6-5-7-9-15/h5-9,13-14H,10-12H2,1-4H3. The van der Waals surface area contributed by atoms with Crippen molar-refractivity contribution in [2.24, 2.45) is 11.8 Å². The van der Waals surface area contributed by atoms with Crippen molar-refractivity contribution in [2.45, 2.75) is 27.4 Å². The second-order valence-electron chi connectivity index (χ2n) is 5.66. The molecule has 0 saturated carbocycles. The maximum absolute atomic E-state index is 12.4. The molecule has 0 fully saturated rings. The molecule has 2 atom stereocenters. The molecular weight excluding hydrogens is 243 g/mol. The van der Waals surface area contributed by atoms with Crippen molar-refractivity contribution in [1.82, 2.24) is 0 Å². The summed E-state index contributed by atoms with van der Waals surface area (Å²) >= 11 is 0. The maximum atomic E-state index is 12.4. The number of benzene rings is 1. The smallest absolute Gasteiger partial charge is 0.109 e. The van der Waals surface area contributed by atoms with Crippen molar-refractivity contribution in [3.05, 3.63) is 35.9 Å². The zero-order chi connectivity index (χ0) is 13.6. The van der Waals surface area contributed by atoms with Crippen LogP contribution >= 0.6 is 7.14 Å². The second kappa shape index (κ2) is 7.11. The van der Waals surface area contributed by atoms with Gasteiger partial charge in [-0.1, -0.05) is 51.1 Å². The molecule has 102 valence electrons. The Labute approximate surface area is 111 Å². The van der Waals surface area contributed by atoms with E-state index in [0.717, 1.165) is 11.7 Å². The third-order valence-electron chi connectivity index (χ3n) is 3.29. The van der Waals surface area contributed by atoms with E-state index < -0.39 is 7.14 Å². The van der Waals surface area contributed by atoms with E-state index in [4.69, 9.17) is 4.74 Å². The summed E-state index contributed by atoms with van der Waals surface area (Å²) in [4.78, 5) is 0. The highest BCUT2D eigenvalue weighted by atomic mass is 31.2. The Morgan fingerprint density at radius 1 is 1.17 bits per heavy atom. The van der Waals surface area contributed by atoms with E-state index in [2.05, 4.69) is 20.8 Å². The molecule has 0 radical (unpaired) electrons.